The third kappa shape index (κ3) is 4.39. The molecule has 21 heavy (non-hydrogen) atoms. The van der Waals surface area contributed by atoms with Crippen molar-refractivity contribution in [3.05, 3.63) is 53.5 Å². The molecule has 4 nitrogen and oxygen atoms in total. The Labute approximate surface area is 121 Å². The number of quaternary nitrogens is 1. The highest BCUT2D eigenvalue weighted by Gasteiger charge is 2.13. The normalized spacial score (nSPS) is 12.2. The molecule has 2 N–H and O–H groups in total. The van der Waals surface area contributed by atoms with Gasteiger partial charge in [-0.1, -0.05) is 0 Å². The van der Waals surface area contributed by atoms with Gasteiger partial charge in [0.25, 0.3) is 5.91 Å². The zero-order valence-electron chi connectivity index (χ0n) is 11.9. The standard InChI is InChI=1S/C15H16F2N2O2/c1-10-3-5-12(21-10)8-19(2)9-15(20)18-11-4-6-13(16)14(17)7-11/h3-7H,8-9H2,1-2H3,(H,18,20)/p+1. The van der Waals surface area contributed by atoms with Gasteiger partial charge in [0.15, 0.2) is 23.9 Å². The molecule has 1 aromatic heterocycles. The van der Waals surface area contributed by atoms with Crippen molar-refractivity contribution in [1.82, 2.24) is 0 Å². The molecule has 0 aliphatic heterocycles. The Bertz CT molecular complexity index is 640. The van der Waals surface area contributed by atoms with Crippen LogP contribution in [0.3, 0.4) is 0 Å². The second-order valence-electron chi connectivity index (χ2n) is 5.00. The van der Waals surface area contributed by atoms with E-state index in [0.717, 1.165) is 28.6 Å². The van der Waals surface area contributed by atoms with Gasteiger partial charge < -0.3 is 14.6 Å². The first-order chi connectivity index (χ1) is 9.94. The zero-order valence-corrected chi connectivity index (χ0v) is 11.9. The lowest BCUT2D eigenvalue weighted by Gasteiger charge is -2.12. The van der Waals surface area contributed by atoms with Crippen molar-refractivity contribution in [2.75, 3.05) is 18.9 Å². The summed E-state index contributed by atoms with van der Waals surface area (Å²) in [6.45, 7) is 2.62. The first kappa shape index (κ1) is 15.2. The summed E-state index contributed by atoms with van der Waals surface area (Å²) in [6, 6.07) is 6.99. The predicted octanol–water partition coefficient (Wildman–Crippen LogP) is 1.52. The van der Waals surface area contributed by atoms with Gasteiger partial charge in [0.05, 0.1) is 7.05 Å². The average molecular weight is 295 g/mol. The molecule has 112 valence electrons. The van der Waals surface area contributed by atoms with Crippen LogP contribution in [0.4, 0.5) is 14.5 Å². The Hall–Kier alpha value is -2.21. The van der Waals surface area contributed by atoms with Gasteiger partial charge in [0, 0.05) is 11.8 Å². The van der Waals surface area contributed by atoms with Crippen LogP contribution in [0.15, 0.2) is 34.7 Å². The summed E-state index contributed by atoms with van der Waals surface area (Å²) in [4.78, 5) is 12.8. The van der Waals surface area contributed by atoms with Crippen molar-refractivity contribution >= 4 is 11.6 Å². The van der Waals surface area contributed by atoms with Gasteiger partial charge in [0.2, 0.25) is 0 Å². The quantitative estimate of drug-likeness (QED) is 0.878. The monoisotopic (exact) mass is 295 g/mol. The Morgan fingerprint density at radius 1 is 1.24 bits per heavy atom. The topological polar surface area (TPSA) is 46.7 Å². The summed E-state index contributed by atoms with van der Waals surface area (Å²) in [6.07, 6.45) is 0. The largest absolute Gasteiger partial charge is 0.460 e. The fraction of sp³-hybridized carbons (Fsp3) is 0.267. The molecule has 0 fully saturated rings. The lowest BCUT2D eigenvalue weighted by atomic mass is 10.3. The SMILES string of the molecule is Cc1ccc(C[NH+](C)CC(=O)Nc2ccc(F)c(F)c2)o1. The maximum atomic E-state index is 13.0. The number of carbonyl (C=O) groups is 1. The highest BCUT2D eigenvalue weighted by Crippen LogP contribution is 2.12. The average Bonchev–Trinajstić information content (AvgIpc) is 2.79. The summed E-state index contributed by atoms with van der Waals surface area (Å²) in [5, 5.41) is 2.53. The molecule has 0 aliphatic carbocycles. The van der Waals surface area contributed by atoms with Crippen LogP contribution in [0, 0.1) is 18.6 Å². The third-order valence-corrected chi connectivity index (χ3v) is 2.94. The number of halogens is 2. The predicted molar refractivity (Wildman–Crippen MR) is 73.9 cm³/mol. The molecule has 0 bridgehead atoms. The molecule has 2 rings (SSSR count). The number of likely N-dealkylation sites (N-methyl/N-ethyl adjacent to an activating group) is 1. The van der Waals surface area contributed by atoms with Crippen LogP contribution in [0.5, 0.6) is 0 Å². The summed E-state index contributed by atoms with van der Waals surface area (Å²) in [5.41, 5.74) is 0.237. The van der Waals surface area contributed by atoms with Gasteiger partial charge in [0.1, 0.15) is 12.3 Å². The van der Waals surface area contributed by atoms with E-state index in [1.165, 1.54) is 6.07 Å². The van der Waals surface area contributed by atoms with Gasteiger partial charge >= 0.3 is 0 Å². The highest BCUT2D eigenvalue weighted by molar-refractivity contribution is 5.91. The van der Waals surface area contributed by atoms with Crippen LogP contribution in [0.1, 0.15) is 11.5 Å². The van der Waals surface area contributed by atoms with Crippen LogP contribution in [0.2, 0.25) is 0 Å². The minimum absolute atomic E-state index is 0.193. The van der Waals surface area contributed by atoms with Gasteiger partial charge in [-0.05, 0) is 31.2 Å². The van der Waals surface area contributed by atoms with Gasteiger partial charge in [-0.15, -0.1) is 0 Å². The fourth-order valence-corrected chi connectivity index (χ4v) is 1.99. The Balaban J connectivity index is 1.87. The number of benzene rings is 1. The second-order valence-corrected chi connectivity index (χ2v) is 5.00. The number of furan rings is 1. The van der Waals surface area contributed by atoms with Crippen LogP contribution in [-0.2, 0) is 11.3 Å². The summed E-state index contributed by atoms with van der Waals surface area (Å²) in [7, 11) is 1.85. The zero-order chi connectivity index (χ0) is 15.4. The van der Waals surface area contributed by atoms with Crippen LogP contribution >= 0.6 is 0 Å². The molecule has 1 aromatic carbocycles. The second kappa shape index (κ2) is 6.49. The summed E-state index contributed by atoms with van der Waals surface area (Å²) in [5.74, 6) is -0.583. The number of hydrogen-bond acceptors (Lipinski definition) is 2. The van der Waals surface area contributed by atoms with Crippen molar-refractivity contribution in [2.24, 2.45) is 0 Å². The molecule has 6 heteroatoms. The molecule has 0 spiro atoms. The number of rotatable bonds is 5. The smallest absolute Gasteiger partial charge is 0.279 e. The number of hydrogen-bond donors (Lipinski definition) is 2. The molecule has 1 unspecified atom stereocenters. The first-order valence-corrected chi connectivity index (χ1v) is 6.55. The van der Waals surface area contributed by atoms with Crippen LogP contribution in [-0.4, -0.2) is 19.5 Å². The van der Waals surface area contributed by atoms with Crippen molar-refractivity contribution in [1.29, 1.82) is 0 Å². The number of aryl methyl sites for hydroxylation is 1. The molecule has 0 saturated carbocycles. The molecule has 0 saturated heterocycles. The van der Waals surface area contributed by atoms with E-state index in [9.17, 15) is 13.6 Å². The van der Waals surface area contributed by atoms with Crippen molar-refractivity contribution in [3.8, 4) is 0 Å². The number of amides is 1. The molecule has 1 amide bonds. The molecule has 1 heterocycles. The molecule has 0 aliphatic rings. The van der Waals surface area contributed by atoms with E-state index in [1.54, 1.807) is 0 Å². The summed E-state index contributed by atoms with van der Waals surface area (Å²) >= 11 is 0. The van der Waals surface area contributed by atoms with E-state index in [-0.39, 0.29) is 18.1 Å². The van der Waals surface area contributed by atoms with E-state index in [1.807, 2.05) is 26.1 Å². The van der Waals surface area contributed by atoms with E-state index in [2.05, 4.69) is 5.32 Å². The Morgan fingerprint density at radius 3 is 2.62 bits per heavy atom. The summed E-state index contributed by atoms with van der Waals surface area (Å²) < 4.78 is 31.3. The fourth-order valence-electron chi connectivity index (χ4n) is 1.99. The first-order valence-electron chi connectivity index (χ1n) is 6.55. The van der Waals surface area contributed by atoms with Gasteiger partial charge in [-0.25, -0.2) is 8.78 Å². The molecular weight excluding hydrogens is 278 g/mol. The van der Waals surface area contributed by atoms with Gasteiger partial charge in [-0.3, -0.25) is 4.79 Å². The number of anilines is 1. The number of nitrogens with one attached hydrogen (secondary N) is 2. The van der Waals surface area contributed by atoms with E-state index in [4.69, 9.17) is 4.42 Å². The Kier molecular flexibility index (Phi) is 4.70. The molecular formula is C15H17F2N2O2+. The molecule has 2 aromatic rings. The molecule has 0 radical (unpaired) electrons. The minimum Gasteiger partial charge on any atom is -0.460 e. The minimum atomic E-state index is -0.987. The molecule has 1 atom stereocenters. The van der Waals surface area contributed by atoms with Crippen molar-refractivity contribution in [3.63, 3.8) is 0 Å². The van der Waals surface area contributed by atoms with Crippen molar-refractivity contribution in [2.45, 2.75) is 13.5 Å². The van der Waals surface area contributed by atoms with E-state index in [0.29, 0.717) is 6.54 Å². The van der Waals surface area contributed by atoms with Crippen LogP contribution < -0.4 is 10.2 Å². The van der Waals surface area contributed by atoms with Gasteiger partial charge in [-0.2, -0.15) is 0 Å². The Morgan fingerprint density at radius 2 is 2.00 bits per heavy atom. The number of carbonyl (C=O) groups excluding carboxylic acids is 1. The maximum absolute atomic E-state index is 13.0. The highest BCUT2D eigenvalue weighted by atomic mass is 19.2. The van der Waals surface area contributed by atoms with E-state index < -0.39 is 11.6 Å². The lowest BCUT2D eigenvalue weighted by molar-refractivity contribution is -0.886. The third-order valence-electron chi connectivity index (χ3n) is 2.94. The van der Waals surface area contributed by atoms with E-state index >= 15 is 0 Å². The van der Waals surface area contributed by atoms with Crippen LogP contribution in [0.25, 0.3) is 0 Å². The van der Waals surface area contributed by atoms with Crippen molar-refractivity contribution < 1.29 is 22.9 Å². The maximum Gasteiger partial charge on any atom is 0.279 e. The lowest BCUT2D eigenvalue weighted by Crippen LogP contribution is -3.08.